The van der Waals surface area contributed by atoms with Crippen LogP contribution in [-0.4, -0.2) is 10.7 Å². The molecule has 0 atom stereocenters. The smallest absolute Gasteiger partial charge is 0.0744 e. The Morgan fingerprint density at radius 1 is 0.947 bits per heavy atom. The van der Waals surface area contributed by atoms with Crippen molar-refractivity contribution in [3.8, 4) is 0 Å². The van der Waals surface area contributed by atoms with Gasteiger partial charge in [-0.25, -0.2) is 0 Å². The monoisotopic (exact) mass is 368 g/mol. The fourth-order valence-electron chi connectivity index (χ4n) is 5.22. The molecule has 4 fully saturated rings. The van der Waals surface area contributed by atoms with E-state index in [1.54, 1.807) is 0 Å². The topological polar surface area (TPSA) is 20.2 Å². The van der Waals surface area contributed by atoms with E-state index < -0.39 is 5.60 Å². The van der Waals surface area contributed by atoms with Crippen molar-refractivity contribution in [2.75, 3.05) is 0 Å². The van der Waals surface area contributed by atoms with Crippen LogP contribution in [0.25, 0.3) is 0 Å². The summed E-state index contributed by atoms with van der Waals surface area (Å²) in [5.41, 5.74) is 0.913. The van der Waals surface area contributed by atoms with Crippen molar-refractivity contribution in [2.45, 2.75) is 44.1 Å². The summed E-state index contributed by atoms with van der Waals surface area (Å²) in [7, 11) is 0. The molecule has 0 heterocycles. The fourth-order valence-corrected chi connectivity index (χ4v) is 5.58. The highest BCUT2D eigenvalue weighted by Crippen LogP contribution is 2.59. The van der Waals surface area contributed by atoms with Gasteiger partial charge in [0.15, 0.2) is 0 Å². The van der Waals surface area contributed by atoms with Crippen LogP contribution < -0.4 is 0 Å². The van der Waals surface area contributed by atoms with Crippen LogP contribution in [0.4, 0.5) is 0 Å². The first-order chi connectivity index (χ1) is 9.13. The van der Waals surface area contributed by atoms with Gasteiger partial charge in [0.2, 0.25) is 0 Å². The molecule has 102 valence electrons. The van der Waals surface area contributed by atoms with E-state index in [1.807, 2.05) is 0 Å². The van der Waals surface area contributed by atoms with Gasteiger partial charge in [-0.3, -0.25) is 0 Å². The molecule has 0 saturated heterocycles. The summed E-state index contributed by atoms with van der Waals surface area (Å²) in [5, 5.41) is 11.3. The summed E-state index contributed by atoms with van der Waals surface area (Å²) in [6.07, 6.45) is 7.47. The second-order valence-electron chi connectivity index (χ2n) is 7.10. The van der Waals surface area contributed by atoms with Gasteiger partial charge < -0.3 is 5.11 Å². The maximum atomic E-state index is 11.3. The molecule has 1 aromatic rings. The average molecular weight is 368 g/mol. The van der Waals surface area contributed by atoms with E-state index in [-0.39, 0.29) is 0 Å². The Morgan fingerprint density at radius 3 is 2.00 bits per heavy atom. The maximum Gasteiger partial charge on any atom is 0.0744 e. The molecule has 1 nitrogen and oxygen atoms in total. The van der Waals surface area contributed by atoms with E-state index in [9.17, 15) is 5.11 Å². The molecule has 0 aliphatic heterocycles. The molecule has 0 radical (unpaired) electrons. The molecule has 4 aliphatic rings. The maximum absolute atomic E-state index is 11.3. The third-order valence-electron chi connectivity index (χ3n) is 5.95. The summed E-state index contributed by atoms with van der Waals surface area (Å²) in [4.78, 5) is 0. The molecule has 2 heteroatoms. The molecule has 0 spiro atoms. The van der Waals surface area contributed by atoms with Gasteiger partial charge in [0, 0.05) is 9.99 Å². The third-order valence-corrected chi connectivity index (χ3v) is 6.67. The normalized spacial score (nSPS) is 43.7. The molecule has 1 aromatic carbocycles. The Kier molecular flexibility index (Phi) is 2.96. The zero-order valence-corrected chi connectivity index (χ0v) is 13.3. The van der Waals surface area contributed by atoms with Crippen LogP contribution in [0.1, 0.15) is 37.7 Å². The van der Waals surface area contributed by atoms with Gasteiger partial charge >= 0.3 is 0 Å². The number of aliphatic hydroxyl groups is 1. The lowest BCUT2D eigenvalue weighted by Crippen LogP contribution is -2.58. The molecule has 5 rings (SSSR count). The van der Waals surface area contributed by atoms with E-state index in [0.29, 0.717) is 11.8 Å². The van der Waals surface area contributed by atoms with Crippen LogP contribution in [0.2, 0.25) is 0 Å². The number of hydrogen-bond acceptors (Lipinski definition) is 1. The van der Waals surface area contributed by atoms with Crippen LogP contribution in [-0.2, 0) is 6.42 Å². The van der Waals surface area contributed by atoms with Crippen LogP contribution in [0.5, 0.6) is 0 Å². The SMILES string of the molecule is OC1(Cc2ccc(I)cc2)C2CC3CC(C2)CC1C3. The van der Waals surface area contributed by atoms with Crippen molar-refractivity contribution in [1.29, 1.82) is 0 Å². The summed E-state index contributed by atoms with van der Waals surface area (Å²) < 4.78 is 1.28. The summed E-state index contributed by atoms with van der Waals surface area (Å²) in [6, 6.07) is 8.72. The van der Waals surface area contributed by atoms with Crippen molar-refractivity contribution < 1.29 is 5.11 Å². The van der Waals surface area contributed by atoms with Crippen molar-refractivity contribution >= 4 is 22.6 Å². The number of hydrogen-bond donors (Lipinski definition) is 1. The van der Waals surface area contributed by atoms with E-state index >= 15 is 0 Å². The number of rotatable bonds is 2. The Morgan fingerprint density at radius 2 is 1.47 bits per heavy atom. The van der Waals surface area contributed by atoms with E-state index in [4.69, 9.17) is 0 Å². The van der Waals surface area contributed by atoms with Crippen LogP contribution in [0.15, 0.2) is 24.3 Å². The zero-order chi connectivity index (χ0) is 13.0. The molecule has 0 amide bonds. The predicted octanol–water partition coefficient (Wildman–Crippen LogP) is 4.02. The Balaban J connectivity index is 1.61. The van der Waals surface area contributed by atoms with Gasteiger partial charge in [-0.1, -0.05) is 12.1 Å². The number of halogens is 1. The van der Waals surface area contributed by atoms with Gasteiger partial charge in [0.05, 0.1) is 5.60 Å². The van der Waals surface area contributed by atoms with E-state index in [0.717, 1.165) is 18.3 Å². The third kappa shape index (κ3) is 2.06. The second kappa shape index (κ2) is 4.45. The van der Waals surface area contributed by atoms with Gasteiger partial charge in [-0.2, -0.15) is 0 Å². The van der Waals surface area contributed by atoms with Crippen molar-refractivity contribution in [3.05, 3.63) is 33.4 Å². The van der Waals surface area contributed by atoms with Crippen LogP contribution >= 0.6 is 22.6 Å². The van der Waals surface area contributed by atoms with Crippen LogP contribution in [0, 0.1) is 27.2 Å². The van der Waals surface area contributed by atoms with E-state index in [2.05, 4.69) is 46.9 Å². The fraction of sp³-hybridized carbons (Fsp3) is 0.647. The molecular formula is C17H21IO. The predicted molar refractivity (Wildman–Crippen MR) is 84.9 cm³/mol. The van der Waals surface area contributed by atoms with Gasteiger partial charge in [0.25, 0.3) is 0 Å². The number of benzene rings is 1. The molecule has 0 aromatic heterocycles. The molecule has 4 aliphatic carbocycles. The Hall–Kier alpha value is -0.0900. The lowest BCUT2D eigenvalue weighted by molar-refractivity contribution is -0.171. The Labute approximate surface area is 128 Å². The molecule has 4 saturated carbocycles. The van der Waals surface area contributed by atoms with Crippen molar-refractivity contribution in [2.24, 2.45) is 23.7 Å². The highest BCUT2D eigenvalue weighted by Gasteiger charge is 2.56. The van der Waals surface area contributed by atoms with Crippen molar-refractivity contribution in [3.63, 3.8) is 0 Å². The lowest BCUT2D eigenvalue weighted by Gasteiger charge is -2.59. The van der Waals surface area contributed by atoms with Gasteiger partial charge in [-0.05, 0) is 96.1 Å². The van der Waals surface area contributed by atoms with Gasteiger partial charge in [-0.15, -0.1) is 0 Å². The average Bonchev–Trinajstić information content (AvgIpc) is 2.38. The summed E-state index contributed by atoms with van der Waals surface area (Å²) in [6.45, 7) is 0. The summed E-state index contributed by atoms with van der Waals surface area (Å²) in [5.74, 6) is 3.00. The van der Waals surface area contributed by atoms with Gasteiger partial charge in [0.1, 0.15) is 0 Å². The highest BCUT2D eigenvalue weighted by molar-refractivity contribution is 14.1. The largest absolute Gasteiger partial charge is 0.389 e. The minimum Gasteiger partial charge on any atom is -0.389 e. The van der Waals surface area contributed by atoms with Crippen molar-refractivity contribution in [1.82, 2.24) is 0 Å². The molecule has 19 heavy (non-hydrogen) atoms. The molecule has 4 bridgehead atoms. The quantitative estimate of drug-likeness (QED) is 0.782. The molecule has 1 N–H and O–H groups in total. The first-order valence-corrected chi connectivity index (χ1v) is 8.68. The first kappa shape index (κ1) is 12.6. The first-order valence-electron chi connectivity index (χ1n) is 7.60. The Bertz CT molecular complexity index is 451. The zero-order valence-electron chi connectivity index (χ0n) is 11.2. The van der Waals surface area contributed by atoms with Crippen LogP contribution in [0.3, 0.4) is 0 Å². The second-order valence-corrected chi connectivity index (χ2v) is 8.34. The lowest BCUT2D eigenvalue weighted by atomic mass is 9.49. The molecular weight excluding hydrogens is 347 g/mol. The highest BCUT2D eigenvalue weighted by atomic mass is 127. The minimum absolute atomic E-state index is 0.403. The molecule has 0 unspecified atom stereocenters. The van der Waals surface area contributed by atoms with E-state index in [1.165, 1.54) is 41.2 Å². The minimum atomic E-state index is -0.403. The standard InChI is InChI=1S/C17H21IO/c18-16-3-1-11(2-4-16)10-17(19)14-6-12-5-13(8-14)9-15(17)7-12/h1-4,12-15,19H,5-10H2. The summed E-state index contributed by atoms with van der Waals surface area (Å²) >= 11 is 2.34.